The second kappa shape index (κ2) is 4.78. The summed E-state index contributed by atoms with van der Waals surface area (Å²) in [6.07, 6.45) is 0. The van der Waals surface area contributed by atoms with Gasteiger partial charge in [0.25, 0.3) is 0 Å². The molecule has 0 radical (unpaired) electrons. The van der Waals surface area contributed by atoms with E-state index >= 15 is 0 Å². The van der Waals surface area contributed by atoms with Crippen molar-refractivity contribution >= 4 is 0 Å². The number of rotatable bonds is 2. The second-order valence-electron chi connectivity index (χ2n) is 3.79. The van der Waals surface area contributed by atoms with Crippen molar-refractivity contribution in [1.82, 2.24) is 0 Å². The summed E-state index contributed by atoms with van der Waals surface area (Å²) >= 11 is 0. The van der Waals surface area contributed by atoms with Crippen LogP contribution in [0.15, 0.2) is 36.4 Å². The predicted octanol–water partition coefficient (Wildman–Crippen LogP) is 3.29. The minimum absolute atomic E-state index is 0.180. The highest BCUT2D eigenvalue weighted by atomic mass is 19.2. The molecule has 2 aromatic rings. The van der Waals surface area contributed by atoms with Crippen LogP contribution in [0.5, 0.6) is 0 Å². The number of hydrogen-bond donors (Lipinski definition) is 1. The molecule has 0 saturated heterocycles. The zero-order valence-corrected chi connectivity index (χ0v) is 9.13. The maximum absolute atomic E-state index is 13.5. The molecule has 1 atom stereocenters. The summed E-state index contributed by atoms with van der Waals surface area (Å²) in [6.45, 7) is 0. The van der Waals surface area contributed by atoms with Gasteiger partial charge in [-0.15, -0.1) is 0 Å². The van der Waals surface area contributed by atoms with Gasteiger partial charge in [-0.05, 0) is 23.8 Å². The third-order valence-electron chi connectivity index (χ3n) is 2.63. The first kappa shape index (κ1) is 12.6. The van der Waals surface area contributed by atoms with Gasteiger partial charge in [0.15, 0.2) is 17.5 Å². The predicted molar refractivity (Wildman–Crippen MR) is 58.7 cm³/mol. The van der Waals surface area contributed by atoms with Crippen molar-refractivity contribution in [2.24, 2.45) is 5.73 Å². The standard InChI is InChI=1S/C13H9F4N/c14-8-3-1-7(2-4-8)13(18)9-5-6-10(15)12(17)11(9)16/h1-6,13H,18H2. The highest BCUT2D eigenvalue weighted by Crippen LogP contribution is 2.25. The van der Waals surface area contributed by atoms with E-state index in [-0.39, 0.29) is 5.56 Å². The van der Waals surface area contributed by atoms with Gasteiger partial charge in [-0.25, -0.2) is 17.6 Å². The molecule has 0 aliphatic heterocycles. The van der Waals surface area contributed by atoms with E-state index in [1.54, 1.807) is 0 Å². The lowest BCUT2D eigenvalue weighted by Gasteiger charge is -2.14. The molecule has 0 fully saturated rings. The fourth-order valence-electron chi connectivity index (χ4n) is 1.63. The first-order chi connectivity index (χ1) is 8.50. The molecule has 5 heteroatoms. The Balaban J connectivity index is 2.43. The highest BCUT2D eigenvalue weighted by molar-refractivity contribution is 5.33. The van der Waals surface area contributed by atoms with Crippen molar-refractivity contribution in [3.05, 3.63) is 70.8 Å². The summed E-state index contributed by atoms with van der Waals surface area (Å²) in [5, 5.41) is 0. The largest absolute Gasteiger partial charge is 0.320 e. The maximum Gasteiger partial charge on any atom is 0.194 e. The second-order valence-corrected chi connectivity index (χ2v) is 3.79. The normalized spacial score (nSPS) is 12.5. The third kappa shape index (κ3) is 2.22. The number of halogens is 4. The summed E-state index contributed by atoms with van der Waals surface area (Å²) < 4.78 is 52.1. The molecule has 0 bridgehead atoms. The molecule has 0 aliphatic carbocycles. The fraction of sp³-hybridized carbons (Fsp3) is 0.0769. The van der Waals surface area contributed by atoms with Crippen LogP contribution in [0.3, 0.4) is 0 Å². The lowest BCUT2D eigenvalue weighted by Crippen LogP contribution is -2.15. The molecule has 0 aliphatic rings. The summed E-state index contributed by atoms with van der Waals surface area (Å²) in [5.74, 6) is -4.63. The molecule has 94 valence electrons. The van der Waals surface area contributed by atoms with Gasteiger partial charge >= 0.3 is 0 Å². The quantitative estimate of drug-likeness (QED) is 0.646. The molecule has 1 nitrogen and oxygen atoms in total. The fourth-order valence-corrected chi connectivity index (χ4v) is 1.63. The zero-order chi connectivity index (χ0) is 13.3. The lowest BCUT2D eigenvalue weighted by molar-refractivity contribution is 0.438. The number of hydrogen-bond acceptors (Lipinski definition) is 1. The van der Waals surface area contributed by atoms with Gasteiger partial charge < -0.3 is 5.73 Å². The Morgan fingerprint density at radius 1 is 0.778 bits per heavy atom. The molecule has 0 aromatic heterocycles. The molecular weight excluding hydrogens is 246 g/mol. The Labute approximate surface area is 101 Å². The molecule has 1 unspecified atom stereocenters. The van der Waals surface area contributed by atoms with Gasteiger partial charge in [0.2, 0.25) is 0 Å². The van der Waals surface area contributed by atoms with E-state index in [1.165, 1.54) is 12.1 Å². The van der Waals surface area contributed by atoms with Crippen molar-refractivity contribution in [3.63, 3.8) is 0 Å². The van der Waals surface area contributed by atoms with Crippen molar-refractivity contribution < 1.29 is 17.6 Å². The van der Waals surface area contributed by atoms with E-state index in [2.05, 4.69) is 0 Å². The van der Waals surface area contributed by atoms with E-state index in [0.29, 0.717) is 5.56 Å². The Morgan fingerprint density at radius 3 is 2.00 bits per heavy atom. The monoisotopic (exact) mass is 255 g/mol. The Hall–Kier alpha value is -1.88. The Bertz CT molecular complexity index is 566. The van der Waals surface area contributed by atoms with Crippen LogP contribution in [0.2, 0.25) is 0 Å². The number of nitrogens with two attached hydrogens (primary N) is 1. The van der Waals surface area contributed by atoms with Crippen LogP contribution in [0.4, 0.5) is 17.6 Å². The van der Waals surface area contributed by atoms with Crippen LogP contribution in [0.1, 0.15) is 17.2 Å². The van der Waals surface area contributed by atoms with E-state index in [0.717, 1.165) is 24.3 Å². The minimum atomic E-state index is -1.56. The smallest absolute Gasteiger partial charge is 0.194 e. The van der Waals surface area contributed by atoms with Crippen molar-refractivity contribution in [3.8, 4) is 0 Å². The third-order valence-corrected chi connectivity index (χ3v) is 2.63. The van der Waals surface area contributed by atoms with E-state index in [9.17, 15) is 17.6 Å². The van der Waals surface area contributed by atoms with Crippen LogP contribution in [-0.4, -0.2) is 0 Å². The minimum Gasteiger partial charge on any atom is -0.320 e. The first-order valence-electron chi connectivity index (χ1n) is 5.15. The summed E-state index contributed by atoms with van der Waals surface area (Å²) in [6, 6.07) is 5.93. The van der Waals surface area contributed by atoms with Crippen molar-refractivity contribution in [1.29, 1.82) is 0 Å². The van der Waals surface area contributed by atoms with Crippen LogP contribution in [-0.2, 0) is 0 Å². The van der Waals surface area contributed by atoms with Gasteiger partial charge in [-0.2, -0.15) is 0 Å². The van der Waals surface area contributed by atoms with Gasteiger partial charge in [-0.1, -0.05) is 18.2 Å². The van der Waals surface area contributed by atoms with E-state index in [4.69, 9.17) is 5.73 Å². The number of benzene rings is 2. The van der Waals surface area contributed by atoms with Gasteiger partial charge in [0, 0.05) is 5.56 Å². The first-order valence-corrected chi connectivity index (χ1v) is 5.15. The van der Waals surface area contributed by atoms with Crippen molar-refractivity contribution in [2.75, 3.05) is 0 Å². The van der Waals surface area contributed by atoms with Crippen LogP contribution in [0.25, 0.3) is 0 Å². The molecule has 0 heterocycles. The molecule has 2 aromatic carbocycles. The molecule has 0 spiro atoms. The summed E-state index contributed by atoms with van der Waals surface area (Å²) in [5.41, 5.74) is 5.96. The topological polar surface area (TPSA) is 26.0 Å². The SMILES string of the molecule is NC(c1ccc(F)cc1)c1ccc(F)c(F)c1F. The highest BCUT2D eigenvalue weighted by Gasteiger charge is 2.19. The molecule has 2 N–H and O–H groups in total. The summed E-state index contributed by atoms with van der Waals surface area (Å²) in [4.78, 5) is 0. The maximum atomic E-state index is 13.5. The van der Waals surface area contributed by atoms with Crippen LogP contribution < -0.4 is 5.73 Å². The van der Waals surface area contributed by atoms with Crippen LogP contribution in [0, 0.1) is 23.3 Å². The van der Waals surface area contributed by atoms with Gasteiger partial charge in [0.05, 0.1) is 6.04 Å². The van der Waals surface area contributed by atoms with Gasteiger partial charge in [0.1, 0.15) is 5.82 Å². The average Bonchev–Trinajstić information content (AvgIpc) is 2.36. The van der Waals surface area contributed by atoms with Crippen molar-refractivity contribution in [2.45, 2.75) is 6.04 Å². The molecule has 0 saturated carbocycles. The molecule has 18 heavy (non-hydrogen) atoms. The average molecular weight is 255 g/mol. The molecular formula is C13H9F4N. The molecule has 2 rings (SSSR count). The van der Waals surface area contributed by atoms with Gasteiger partial charge in [-0.3, -0.25) is 0 Å². The molecule has 0 amide bonds. The van der Waals surface area contributed by atoms with E-state index in [1.807, 2.05) is 0 Å². The van der Waals surface area contributed by atoms with Crippen LogP contribution >= 0.6 is 0 Å². The summed E-state index contributed by atoms with van der Waals surface area (Å²) in [7, 11) is 0. The Kier molecular flexibility index (Phi) is 3.34. The lowest BCUT2D eigenvalue weighted by atomic mass is 9.99. The van der Waals surface area contributed by atoms with E-state index < -0.39 is 29.3 Å². The zero-order valence-electron chi connectivity index (χ0n) is 9.13. The Morgan fingerprint density at radius 2 is 1.39 bits per heavy atom.